The molecule has 75 valence electrons. The molecule has 5 radical (unpaired) electrons. The molecule has 0 aromatic rings. The molecular formula is C14H19. The number of rotatable bonds is 1. The molecular weight excluding hydrogens is 168 g/mol. The van der Waals surface area contributed by atoms with Crippen LogP contribution in [0.5, 0.6) is 0 Å². The highest BCUT2D eigenvalue weighted by Gasteiger charge is 2.75. The highest BCUT2D eigenvalue weighted by Crippen LogP contribution is 2.82. The standard InChI is InChI=1S/C14H19/c1-9(2)14-8-12(14)13(3,4)10-6-5-7-11(10)14/h5-7,9,12H,8H2,1-4H3/t12-,14-/m1/s1. The maximum Gasteiger partial charge on any atom is -0.00604 e. The van der Waals surface area contributed by atoms with E-state index in [1.165, 1.54) is 6.42 Å². The zero-order chi connectivity index (χ0) is 10.1. The molecule has 14 heavy (non-hydrogen) atoms. The summed E-state index contributed by atoms with van der Waals surface area (Å²) in [6, 6.07) is 0. The SMILES string of the molecule is CC(C)[C@@]12C[C@@H]1C(C)(C)[C]1[CH][CH][CH][C]12. The zero-order valence-corrected chi connectivity index (χ0v) is 9.59. The van der Waals surface area contributed by atoms with Crippen LogP contribution in [0, 0.1) is 53.8 Å². The molecule has 0 spiro atoms. The van der Waals surface area contributed by atoms with Gasteiger partial charge in [0, 0.05) is 0 Å². The molecule has 0 heterocycles. The van der Waals surface area contributed by atoms with Gasteiger partial charge in [-0.05, 0) is 60.2 Å². The third-order valence-corrected chi connectivity index (χ3v) is 4.92. The summed E-state index contributed by atoms with van der Waals surface area (Å²) in [7, 11) is 0. The summed E-state index contributed by atoms with van der Waals surface area (Å²) in [5.41, 5.74) is 0.992. The van der Waals surface area contributed by atoms with Crippen LogP contribution in [0.1, 0.15) is 34.1 Å². The normalized spacial score (nSPS) is 45.6. The Morgan fingerprint density at radius 1 is 1.21 bits per heavy atom. The third-order valence-electron chi connectivity index (χ3n) is 4.92. The van der Waals surface area contributed by atoms with Crippen LogP contribution in [0.25, 0.3) is 0 Å². The highest BCUT2D eigenvalue weighted by atomic mass is 14.8. The minimum absolute atomic E-state index is 0.434. The molecule has 0 aliphatic heterocycles. The Kier molecular flexibility index (Phi) is 1.58. The first-order valence-electron chi connectivity index (χ1n) is 5.78. The van der Waals surface area contributed by atoms with Crippen molar-refractivity contribution in [3.05, 3.63) is 31.1 Å². The molecule has 0 heteroatoms. The smallest absolute Gasteiger partial charge is 0.00604 e. The summed E-state index contributed by atoms with van der Waals surface area (Å²) < 4.78 is 0. The third kappa shape index (κ3) is 0.785. The maximum atomic E-state index is 2.42. The van der Waals surface area contributed by atoms with Gasteiger partial charge in [0.05, 0.1) is 0 Å². The van der Waals surface area contributed by atoms with Crippen LogP contribution in [-0.2, 0) is 0 Å². The van der Waals surface area contributed by atoms with Crippen molar-refractivity contribution >= 4 is 0 Å². The van der Waals surface area contributed by atoms with Crippen molar-refractivity contribution in [3.63, 3.8) is 0 Å². The van der Waals surface area contributed by atoms with E-state index in [1.54, 1.807) is 11.8 Å². The molecule has 3 aliphatic carbocycles. The Hall–Kier alpha value is 0. The lowest BCUT2D eigenvalue weighted by Gasteiger charge is -2.30. The van der Waals surface area contributed by atoms with Crippen molar-refractivity contribution in [3.8, 4) is 0 Å². The Balaban J connectivity index is 2.00. The second-order valence-corrected chi connectivity index (χ2v) is 6.03. The first-order valence-corrected chi connectivity index (χ1v) is 5.78. The summed E-state index contributed by atoms with van der Waals surface area (Å²) in [6.45, 7) is 9.62. The number of hydrogen-bond donors (Lipinski definition) is 0. The summed E-state index contributed by atoms with van der Waals surface area (Å²) in [6.07, 6.45) is 8.37. The van der Waals surface area contributed by atoms with E-state index < -0.39 is 0 Å². The van der Waals surface area contributed by atoms with Gasteiger partial charge in [0.2, 0.25) is 0 Å². The van der Waals surface area contributed by atoms with Crippen molar-refractivity contribution in [1.82, 2.24) is 0 Å². The number of fused-ring (bicyclic) bond motifs is 3. The zero-order valence-electron chi connectivity index (χ0n) is 9.59. The van der Waals surface area contributed by atoms with Gasteiger partial charge in [0.1, 0.15) is 0 Å². The van der Waals surface area contributed by atoms with Crippen LogP contribution in [0.4, 0.5) is 0 Å². The van der Waals surface area contributed by atoms with E-state index in [0.717, 1.165) is 11.8 Å². The Morgan fingerprint density at radius 3 is 2.50 bits per heavy atom. The lowest BCUT2D eigenvalue weighted by Crippen LogP contribution is -2.22. The fourth-order valence-corrected chi connectivity index (χ4v) is 4.00. The molecule has 3 fully saturated rings. The van der Waals surface area contributed by atoms with Crippen LogP contribution in [0.15, 0.2) is 0 Å². The molecule has 0 unspecified atom stereocenters. The summed E-state index contributed by atoms with van der Waals surface area (Å²) >= 11 is 0. The van der Waals surface area contributed by atoms with E-state index in [2.05, 4.69) is 47.0 Å². The van der Waals surface area contributed by atoms with Crippen LogP contribution in [0.3, 0.4) is 0 Å². The molecule has 0 bridgehead atoms. The molecule has 3 saturated carbocycles. The molecule has 0 saturated heterocycles. The number of hydrogen-bond acceptors (Lipinski definition) is 0. The van der Waals surface area contributed by atoms with E-state index in [1.807, 2.05) is 0 Å². The first-order chi connectivity index (χ1) is 6.51. The van der Waals surface area contributed by atoms with Crippen molar-refractivity contribution in [2.45, 2.75) is 34.1 Å². The van der Waals surface area contributed by atoms with Gasteiger partial charge in [-0.25, -0.2) is 0 Å². The highest BCUT2D eigenvalue weighted by molar-refractivity contribution is 5.59. The molecule has 0 aromatic heterocycles. The minimum Gasteiger partial charge on any atom is -0.0622 e. The average molecular weight is 187 g/mol. The summed E-state index contributed by atoms with van der Waals surface area (Å²) in [4.78, 5) is 0. The molecule has 3 rings (SSSR count). The fraction of sp³-hybridized carbons (Fsp3) is 0.643. The summed E-state index contributed by atoms with van der Waals surface area (Å²) in [5.74, 6) is 5.02. The predicted octanol–water partition coefficient (Wildman–Crippen LogP) is 3.46. The second kappa shape index (κ2) is 2.39. The van der Waals surface area contributed by atoms with Gasteiger partial charge < -0.3 is 0 Å². The lowest BCUT2D eigenvalue weighted by molar-refractivity contribution is 0.321. The molecule has 2 atom stereocenters. The van der Waals surface area contributed by atoms with E-state index in [-0.39, 0.29) is 0 Å². The molecule has 0 amide bonds. The maximum absolute atomic E-state index is 2.42. The van der Waals surface area contributed by atoms with Gasteiger partial charge in [-0.1, -0.05) is 27.7 Å². The van der Waals surface area contributed by atoms with Gasteiger partial charge in [0.25, 0.3) is 0 Å². The topological polar surface area (TPSA) is 0 Å². The van der Waals surface area contributed by atoms with Gasteiger partial charge in [0.15, 0.2) is 0 Å². The van der Waals surface area contributed by atoms with Crippen molar-refractivity contribution in [1.29, 1.82) is 0 Å². The minimum atomic E-state index is 0.434. The van der Waals surface area contributed by atoms with E-state index in [0.29, 0.717) is 10.8 Å². The monoisotopic (exact) mass is 187 g/mol. The van der Waals surface area contributed by atoms with Gasteiger partial charge >= 0.3 is 0 Å². The average Bonchev–Trinajstić information content (AvgIpc) is 2.61. The second-order valence-electron chi connectivity index (χ2n) is 6.03. The summed E-state index contributed by atoms with van der Waals surface area (Å²) in [5, 5.41) is 0. The van der Waals surface area contributed by atoms with E-state index in [4.69, 9.17) is 0 Å². The Bertz CT molecular complexity index is 263. The largest absolute Gasteiger partial charge is 0.0622 e. The van der Waals surface area contributed by atoms with Gasteiger partial charge in [-0.2, -0.15) is 0 Å². The first kappa shape index (κ1) is 9.24. The van der Waals surface area contributed by atoms with Crippen LogP contribution in [0.2, 0.25) is 0 Å². The van der Waals surface area contributed by atoms with Crippen LogP contribution in [-0.4, -0.2) is 0 Å². The van der Waals surface area contributed by atoms with Crippen molar-refractivity contribution in [2.75, 3.05) is 0 Å². The van der Waals surface area contributed by atoms with Gasteiger partial charge in [-0.3, -0.25) is 0 Å². The van der Waals surface area contributed by atoms with E-state index >= 15 is 0 Å². The Labute approximate surface area is 88.5 Å². The quantitative estimate of drug-likeness (QED) is 0.589. The predicted molar refractivity (Wildman–Crippen MR) is 58.5 cm³/mol. The fourth-order valence-electron chi connectivity index (χ4n) is 4.00. The Morgan fingerprint density at radius 2 is 1.86 bits per heavy atom. The van der Waals surface area contributed by atoms with Crippen LogP contribution < -0.4 is 0 Å². The van der Waals surface area contributed by atoms with E-state index in [9.17, 15) is 0 Å². The van der Waals surface area contributed by atoms with Crippen molar-refractivity contribution in [2.24, 2.45) is 22.7 Å². The van der Waals surface area contributed by atoms with Gasteiger partial charge in [-0.15, -0.1) is 0 Å². The molecule has 0 aromatic carbocycles. The molecule has 0 nitrogen and oxygen atoms in total. The van der Waals surface area contributed by atoms with Crippen LogP contribution >= 0.6 is 0 Å². The van der Waals surface area contributed by atoms with Crippen molar-refractivity contribution < 1.29 is 0 Å². The lowest BCUT2D eigenvalue weighted by atomic mass is 9.74. The molecule has 3 aliphatic rings. The molecule has 0 N–H and O–H groups in total.